The van der Waals surface area contributed by atoms with Crippen molar-refractivity contribution in [1.29, 1.82) is 0 Å². The van der Waals surface area contributed by atoms with E-state index in [9.17, 15) is 13.2 Å². The van der Waals surface area contributed by atoms with Crippen molar-refractivity contribution < 1.29 is 17.9 Å². The highest BCUT2D eigenvalue weighted by Crippen LogP contribution is 2.25. The number of aromatic nitrogens is 3. The number of carbonyl (C=O) groups excluding carboxylic acids is 1. The number of rotatable bonds is 8. The number of carbonyl (C=O) groups is 1. The average molecular weight is 458 g/mol. The Hall–Kier alpha value is -2.98. The predicted molar refractivity (Wildman–Crippen MR) is 121 cm³/mol. The molecule has 170 valence electrons. The molecule has 0 bridgehead atoms. The van der Waals surface area contributed by atoms with Gasteiger partial charge in [0.1, 0.15) is 11.3 Å². The lowest BCUT2D eigenvalue weighted by molar-refractivity contribution is -0.116. The summed E-state index contributed by atoms with van der Waals surface area (Å²) in [5.74, 6) is 0.493. The van der Waals surface area contributed by atoms with E-state index < -0.39 is 10.0 Å². The van der Waals surface area contributed by atoms with E-state index >= 15 is 0 Å². The first-order chi connectivity index (χ1) is 15.5. The molecular formula is C22H27N5O4S. The molecule has 0 saturated carbocycles. The third-order valence-electron chi connectivity index (χ3n) is 5.59. The largest absolute Gasteiger partial charge is 0.495 e. The molecule has 1 amide bonds. The smallest absolute Gasteiger partial charge is 0.243 e. The number of anilines is 1. The van der Waals surface area contributed by atoms with Gasteiger partial charge < -0.3 is 10.1 Å². The fourth-order valence-corrected chi connectivity index (χ4v) is 5.42. The van der Waals surface area contributed by atoms with E-state index in [2.05, 4.69) is 15.6 Å². The number of aryl methyl sites for hydroxylation is 1. The zero-order chi connectivity index (χ0) is 22.6. The van der Waals surface area contributed by atoms with Crippen LogP contribution in [0.2, 0.25) is 0 Å². The lowest BCUT2D eigenvalue weighted by atomic mass is 10.2. The number of benzene rings is 2. The van der Waals surface area contributed by atoms with Crippen LogP contribution in [0.5, 0.6) is 5.75 Å². The minimum Gasteiger partial charge on any atom is -0.495 e. The zero-order valence-electron chi connectivity index (χ0n) is 18.0. The van der Waals surface area contributed by atoms with Gasteiger partial charge in [-0.15, -0.1) is 5.10 Å². The normalized spacial score (nSPS) is 15.0. The van der Waals surface area contributed by atoms with Gasteiger partial charge in [-0.3, -0.25) is 4.79 Å². The van der Waals surface area contributed by atoms with Crippen molar-refractivity contribution in [2.24, 2.45) is 0 Å². The first-order valence-corrected chi connectivity index (χ1v) is 12.2. The Morgan fingerprint density at radius 1 is 1.12 bits per heavy atom. The fraction of sp³-hybridized carbons (Fsp3) is 0.409. The Morgan fingerprint density at radius 3 is 2.69 bits per heavy atom. The number of hydrogen-bond acceptors (Lipinski definition) is 6. The summed E-state index contributed by atoms with van der Waals surface area (Å²) >= 11 is 0. The number of fused-ring (bicyclic) bond motifs is 1. The predicted octanol–water partition coefficient (Wildman–Crippen LogP) is 3.03. The SMILES string of the molecule is COc1ccccc1NC(=O)CCCn1nnc2cc(S(=O)(=O)N3CCCCC3)ccc21. The summed E-state index contributed by atoms with van der Waals surface area (Å²) in [5, 5.41) is 11.1. The maximum Gasteiger partial charge on any atom is 0.243 e. The quantitative estimate of drug-likeness (QED) is 0.557. The second kappa shape index (κ2) is 9.66. The van der Waals surface area contributed by atoms with E-state index in [0.29, 0.717) is 49.4 Å². The van der Waals surface area contributed by atoms with E-state index in [1.165, 1.54) is 0 Å². The summed E-state index contributed by atoms with van der Waals surface area (Å²) in [6.07, 6.45) is 3.72. The van der Waals surface area contributed by atoms with Crippen molar-refractivity contribution in [2.75, 3.05) is 25.5 Å². The molecular weight excluding hydrogens is 430 g/mol. The van der Waals surface area contributed by atoms with Gasteiger partial charge in [-0.1, -0.05) is 23.8 Å². The van der Waals surface area contributed by atoms with Gasteiger partial charge in [0.05, 0.1) is 23.2 Å². The molecule has 10 heteroatoms. The Morgan fingerprint density at radius 2 is 1.91 bits per heavy atom. The van der Waals surface area contributed by atoms with Gasteiger partial charge in [0, 0.05) is 26.1 Å². The molecule has 0 aliphatic carbocycles. The van der Waals surface area contributed by atoms with Crippen LogP contribution in [0.4, 0.5) is 5.69 Å². The molecule has 4 rings (SSSR count). The van der Waals surface area contributed by atoms with Gasteiger partial charge in [0.15, 0.2) is 0 Å². The third-order valence-corrected chi connectivity index (χ3v) is 7.49. The minimum atomic E-state index is -3.51. The number of amides is 1. The molecule has 1 aromatic heterocycles. The Labute approximate surface area is 187 Å². The van der Waals surface area contributed by atoms with Crippen LogP contribution in [-0.4, -0.2) is 53.8 Å². The topological polar surface area (TPSA) is 106 Å². The van der Waals surface area contributed by atoms with Crippen LogP contribution in [0.25, 0.3) is 11.0 Å². The number of methoxy groups -OCH3 is 1. The number of ether oxygens (including phenoxy) is 1. The Balaban J connectivity index is 1.38. The maximum absolute atomic E-state index is 12.9. The molecule has 1 N–H and O–H groups in total. The summed E-state index contributed by atoms with van der Waals surface area (Å²) in [4.78, 5) is 12.5. The van der Waals surface area contributed by atoms with E-state index in [0.717, 1.165) is 24.8 Å². The first kappa shape index (κ1) is 22.2. The second-order valence-electron chi connectivity index (χ2n) is 7.78. The fourth-order valence-electron chi connectivity index (χ4n) is 3.88. The van der Waals surface area contributed by atoms with E-state index in [4.69, 9.17) is 4.74 Å². The summed E-state index contributed by atoms with van der Waals surface area (Å²) in [5.41, 5.74) is 1.91. The standard InChI is InChI=1S/C22H27N5O4S/c1-31-21-9-4-3-8-18(21)23-22(28)10-7-15-27-20-12-11-17(16-19(20)24-25-27)32(29,30)26-13-5-2-6-14-26/h3-4,8-9,11-12,16H,2,5-7,10,13-15H2,1H3,(H,23,28). The number of nitrogens with one attached hydrogen (secondary N) is 1. The van der Waals surface area contributed by atoms with Crippen LogP contribution in [0.15, 0.2) is 47.4 Å². The van der Waals surface area contributed by atoms with Gasteiger partial charge in [0.25, 0.3) is 0 Å². The van der Waals surface area contributed by atoms with Crippen molar-refractivity contribution in [3.8, 4) is 5.75 Å². The second-order valence-corrected chi connectivity index (χ2v) is 9.72. The van der Waals surface area contributed by atoms with Crippen molar-refractivity contribution >= 4 is 32.7 Å². The van der Waals surface area contributed by atoms with Crippen LogP contribution in [0.1, 0.15) is 32.1 Å². The molecule has 0 radical (unpaired) electrons. The van der Waals surface area contributed by atoms with E-state index in [-0.39, 0.29) is 10.8 Å². The molecule has 0 atom stereocenters. The van der Waals surface area contributed by atoms with Crippen LogP contribution in [0, 0.1) is 0 Å². The Kier molecular flexibility index (Phi) is 6.71. The van der Waals surface area contributed by atoms with Gasteiger partial charge >= 0.3 is 0 Å². The highest BCUT2D eigenvalue weighted by Gasteiger charge is 2.26. The van der Waals surface area contributed by atoms with Gasteiger partial charge in [-0.05, 0) is 49.6 Å². The van der Waals surface area contributed by atoms with Crippen molar-refractivity contribution in [3.05, 3.63) is 42.5 Å². The molecule has 0 spiro atoms. The molecule has 9 nitrogen and oxygen atoms in total. The van der Waals surface area contributed by atoms with Crippen LogP contribution < -0.4 is 10.1 Å². The van der Waals surface area contributed by atoms with Crippen LogP contribution in [0.3, 0.4) is 0 Å². The average Bonchev–Trinajstić information content (AvgIpc) is 3.22. The number of para-hydroxylation sites is 2. The first-order valence-electron chi connectivity index (χ1n) is 10.8. The molecule has 3 aromatic rings. The molecule has 0 unspecified atom stereocenters. The van der Waals surface area contributed by atoms with E-state index in [1.54, 1.807) is 46.4 Å². The monoisotopic (exact) mass is 457 g/mol. The number of piperidine rings is 1. The van der Waals surface area contributed by atoms with Gasteiger partial charge in [-0.25, -0.2) is 13.1 Å². The number of hydrogen-bond donors (Lipinski definition) is 1. The summed E-state index contributed by atoms with van der Waals surface area (Å²) in [7, 11) is -1.96. The van der Waals surface area contributed by atoms with Crippen molar-refractivity contribution in [2.45, 2.75) is 43.5 Å². The molecule has 32 heavy (non-hydrogen) atoms. The molecule has 2 heterocycles. The van der Waals surface area contributed by atoms with Gasteiger partial charge in [0.2, 0.25) is 15.9 Å². The van der Waals surface area contributed by atoms with E-state index in [1.807, 2.05) is 12.1 Å². The molecule has 1 aliphatic rings. The molecule has 1 saturated heterocycles. The molecule has 1 aliphatic heterocycles. The third kappa shape index (κ3) is 4.76. The van der Waals surface area contributed by atoms with Gasteiger partial charge in [-0.2, -0.15) is 4.31 Å². The number of sulfonamides is 1. The number of nitrogens with zero attached hydrogens (tertiary/aromatic N) is 4. The highest BCUT2D eigenvalue weighted by atomic mass is 32.2. The summed E-state index contributed by atoms with van der Waals surface area (Å²) in [6, 6.07) is 12.2. The zero-order valence-corrected chi connectivity index (χ0v) is 18.8. The van der Waals surface area contributed by atoms with Crippen LogP contribution in [-0.2, 0) is 21.4 Å². The summed E-state index contributed by atoms with van der Waals surface area (Å²) < 4.78 is 34.3. The Bertz CT molecular complexity index is 1200. The minimum absolute atomic E-state index is 0.117. The van der Waals surface area contributed by atoms with Crippen molar-refractivity contribution in [3.63, 3.8) is 0 Å². The summed E-state index contributed by atoms with van der Waals surface area (Å²) in [6.45, 7) is 1.61. The molecule has 1 fully saturated rings. The lowest BCUT2D eigenvalue weighted by Gasteiger charge is -2.25. The van der Waals surface area contributed by atoms with Crippen LogP contribution >= 0.6 is 0 Å². The maximum atomic E-state index is 12.9. The van der Waals surface area contributed by atoms with Crippen molar-refractivity contribution in [1.82, 2.24) is 19.3 Å². The highest BCUT2D eigenvalue weighted by molar-refractivity contribution is 7.89. The lowest BCUT2D eigenvalue weighted by Crippen LogP contribution is -2.35. The molecule has 2 aromatic carbocycles.